The van der Waals surface area contributed by atoms with Gasteiger partial charge in [-0.1, -0.05) is 48.5 Å². The summed E-state index contributed by atoms with van der Waals surface area (Å²) in [5.41, 5.74) is -0.224. The third-order valence-corrected chi connectivity index (χ3v) is 4.54. The number of nitrogens with zero attached hydrogens (tertiary/aromatic N) is 1. The van der Waals surface area contributed by atoms with Crippen LogP contribution >= 0.6 is 0 Å². The lowest BCUT2D eigenvalue weighted by molar-refractivity contribution is 0.101. The van der Waals surface area contributed by atoms with Crippen molar-refractivity contribution in [2.24, 2.45) is 0 Å². The first-order valence-electron chi connectivity index (χ1n) is 8.27. The van der Waals surface area contributed by atoms with E-state index in [9.17, 15) is 14.4 Å². The van der Waals surface area contributed by atoms with Crippen LogP contribution < -0.4 is 11.1 Å². The van der Waals surface area contributed by atoms with E-state index in [-0.39, 0.29) is 5.78 Å². The Bertz CT molecular complexity index is 1230. The SMILES string of the molecule is CC(=O)c1ccccc1-n1c(=O)c2ccccc2c2ccccc2c1=O. The van der Waals surface area contributed by atoms with Gasteiger partial charge in [0.2, 0.25) is 0 Å². The van der Waals surface area contributed by atoms with E-state index in [1.54, 1.807) is 48.5 Å². The number of aromatic nitrogens is 1. The molecule has 0 saturated heterocycles. The Kier molecular flexibility index (Phi) is 3.73. The fraction of sp³-hybridized carbons (Fsp3) is 0.0455. The van der Waals surface area contributed by atoms with Crippen LogP contribution in [-0.4, -0.2) is 10.4 Å². The van der Waals surface area contributed by atoms with Crippen molar-refractivity contribution in [2.45, 2.75) is 6.92 Å². The molecule has 0 unspecified atom stereocenters. The molecular formula is C22H15NO3. The highest BCUT2D eigenvalue weighted by molar-refractivity contribution is 6.05. The van der Waals surface area contributed by atoms with E-state index >= 15 is 0 Å². The van der Waals surface area contributed by atoms with Crippen LogP contribution in [0.2, 0.25) is 0 Å². The van der Waals surface area contributed by atoms with Gasteiger partial charge in [0.05, 0.1) is 5.69 Å². The molecule has 0 spiro atoms. The van der Waals surface area contributed by atoms with E-state index in [0.717, 1.165) is 4.57 Å². The van der Waals surface area contributed by atoms with Gasteiger partial charge in [-0.2, -0.15) is 0 Å². The zero-order valence-electron chi connectivity index (χ0n) is 14.1. The first-order valence-corrected chi connectivity index (χ1v) is 8.27. The van der Waals surface area contributed by atoms with Gasteiger partial charge in [0.1, 0.15) is 0 Å². The molecule has 0 N–H and O–H groups in total. The van der Waals surface area contributed by atoms with E-state index < -0.39 is 11.1 Å². The monoisotopic (exact) mass is 341 g/mol. The number of Topliss-reactive ketones (excluding diaryl/α,β-unsaturated/α-hetero) is 1. The molecule has 0 radical (unpaired) electrons. The molecule has 0 aliphatic heterocycles. The summed E-state index contributed by atoms with van der Waals surface area (Å²) in [6.45, 7) is 1.42. The Hall–Kier alpha value is -3.53. The van der Waals surface area contributed by atoms with Crippen LogP contribution in [0, 0.1) is 0 Å². The minimum atomic E-state index is -0.435. The molecule has 4 rings (SSSR count). The van der Waals surface area contributed by atoms with E-state index in [2.05, 4.69) is 0 Å². The summed E-state index contributed by atoms with van der Waals surface area (Å²) in [6, 6.07) is 21.0. The molecule has 0 saturated carbocycles. The number of carbonyl (C=O) groups excluding carboxylic acids is 1. The first kappa shape index (κ1) is 16.0. The summed E-state index contributed by atoms with van der Waals surface area (Å²) < 4.78 is 1.11. The van der Waals surface area contributed by atoms with Crippen LogP contribution in [-0.2, 0) is 0 Å². The number of rotatable bonds is 2. The molecule has 0 aliphatic carbocycles. The molecular weight excluding hydrogens is 326 g/mol. The van der Waals surface area contributed by atoms with Crippen molar-refractivity contribution < 1.29 is 4.79 Å². The van der Waals surface area contributed by atoms with Crippen molar-refractivity contribution in [2.75, 3.05) is 0 Å². The highest BCUT2D eigenvalue weighted by Gasteiger charge is 2.15. The van der Waals surface area contributed by atoms with E-state index in [0.29, 0.717) is 32.8 Å². The van der Waals surface area contributed by atoms with Crippen molar-refractivity contribution in [3.05, 3.63) is 99.1 Å². The minimum Gasteiger partial charge on any atom is -0.294 e. The largest absolute Gasteiger partial charge is 0.294 e. The van der Waals surface area contributed by atoms with E-state index in [1.807, 2.05) is 24.3 Å². The van der Waals surface area contributed by atoms with Crippen molar-refractivity contribution in [3.63, 3.8) is 0 Å². The lowest BCUT2D eigenvalue weighted by atomic mass is 10.1. The summed E-state index contributed by atoms with van der Waals surface area (Å²) >= 11 is 0. The summed E-state index contributed by atoms with van der Waals surface area (Å²) in [6.07, 6.45) is 0. The van der Waals surface area contributed by atoms with Crippen molar-refractivity contribution in [3.8, 4) is 5.69 Å². The molecule has 1 aromatic heterocycles. The van der Waals surface area contributed by atoms with Gasteiger partial charge in [-0.3, -0.25) is 14.4 Å². The number of para-hydroxylation sites is 1. The average Bonchev–Trinajstić information content (AvgIpc) is 2.76. The molecule has 4 heteroatoms. The second-order valence-corrected chi connectivity index (χ2v) is 6.11. The Morgan fingerprint density at radius 2 is 1.08 bits per heavy atom. The third kappa shape index (κ3) is 2.35. The lowest BCUT2D eigenvalue weighted by Gasteiger charge is -2.07. The van der Waals surface area contributed by atoms with Crippen molar-refractivity contribution >= 4 is 27.3 Å². The second kappa shape index (κ2) is 6.08. The topological polar surface area (TPSA) is 56.1 Å². The standard InChI is InChI=1S/C22H15NO3/c1-14(24)15-8-6-7-13-20(15)23-21(25)18-11-4-2-9-16(18)17-10-3-5-12-19(17)22(23)26/h2-13H,1H3. The van der Waals surface area contributed by atoms with Crippen LogP contribution in [0.1, 0.15) is 17.3 Å². The second-order valence-electron chi connectivity index (χ2n) is 6.11. The smallest absolute Gasteiger partial charge is 0.265 e. The molecule has 3 aromatic carbocycles. The quantitative estimate of drug-likeness (QED) is 0.522. The molecule has 0 bridgehead atoms. The highest BCUT2D eigenvalue weighted by Crippen LogP contribution is 2.21. The summed E-state index contributed by atoms with van der Waals surface area (Å²) in [5.74, 6) is -0.202. The molecule has 0 aliphatic rings. The predicted molar refractivity (Wildman–Crippen MR) is 103 cm³/mol. The van der Waals surface area contributed by atoms with Crippen LogP contribution in [0.15, 0.2) is 82.4 Å². The number of benzene rings is 3. The maximum atomic E-state index is 13.3. The Morgan fingerprint density at radius 1 is 0.654 bits per heavy atom. The van der Waals surface area contributed by atoms with E-state index in [1.165, 1.54) is 6.92 Å². The molecule has 4 aromatic rings. The predicted octanol–water partition coefficient (Wildman–Crippen LogP) is 3.71. The van der Waals surface area contributed by atoms with Gasteiger partial charge in [-0.05, 0) is 42.0 Å². The maximum Gasteiger partial charge on any atom is 0.265 e. The molecule has 1 heterocycles. The number of ketones is 1. The summed E-state index contributed by atoms with van der Waals surface area (Å²) in [7, 11) is 0. The van der Waals surface area contributed by atoms with Gasteiger partial charge in [-0.25, -0.2) is 4.57 Å². The summed E-state index contributed by atoms with van der Waals surface area (Å²) in [4.78, 5) is 38.6. The Labute approximate surface area is 149 Å². The molecule has 0 fully saturated rings. The lowest BCUT2D eigenvalue weighted by Crippen LogP contribution is -2.29. The molecule has 26 heavy (non-hydrogen) atoms. The Morgan fingerprint density at radius 3 is 1.58 bits per heavy atom. The van der Waals surface area contributed by atoms with Crippen LogP contribution in [0.5, 0.6) is 0 Å². The van der Waals surface area contributed by atoms with Gasteiger partial charge in [0.25, 0.3) is 11.1 Å². The van der Waals surface area contributed by atoms with E-state index in [4.69, 9.17) is 0 Å². The number of hydrogen-bond acceptors (Lipinski definition) is 3. The highest BCUT2D eigenvalue weighted by atomic mass is 16.2. The minimum absolute atomic E-state index is 0.202. The van der Waals surface area contributed by atoms with Crippen LogP contribution in [0.3, 0.4) is 0 Å². The first-order chi connectivity index (χ1) is 12.6. The summed E-state index contributed by atoms with van der Waals surface area (Å²) in [5, 5.41) is 2.29. The number of fused-ring (bicyclic) bond motifs is 3. The number of hydrogen-bond donors (Lipinski definition) is 0. The zero-order chi connectivity index (χ0) is 18.3. The maximum absolute atomic E-state index is 13.3. The van der Waals surface area contributed by atoms with Crippen LogP contribution in [0.4, 0.5) is 0 Å². The Balaban J connectivity index is 2.34. The molecule has 4 nitrogen and oxygen atoms in total. The zero-order valence-corrected chi connectivity index (χ0v) is 14.1. The fourth-order valence-electron chi connectivity index (χ4n) is 3.33. The third-order valence-electron chi connectivity index (χ3n) is 4.54. The van der Waals surface area contributed by atoms with Crippen molar-refractivity contribution in [1.29, 1.82) is 0 Å². The fourth-order valence-corrected chi connectivity index (χ4v) is 3.33. The van der Waals surface area contributed by atoms with Gasteiger partial charge in [-0.15, -0.1) is 0 Å². The normalized spacial score (nSPS) is 11.0. The number of carbonyl (C=O) groups is 1. The molecule has 0 amide bonds. The van der Waals surface area contributed by atoms with Crippen LogP contribution in [0.25, 0.3) is 27.2 Å². The van der Waals surface area contributed by atoms with Gasteiger partial charge in [0.15, 0.2) is 5.78 Å². The molecule has 126 valence electrons. The van der Waals surface area contributed by atoms with Gasteiger partial charge < -0.3 is 0 Å². The molecule has 0 atom stereocenters. The average molecular weight is 341 g/mol. The van der Waals surface area contributed by atoms with Crippen molar-refractivity contribution in [1.82, 2.24) is 4.57 Å². The van der Waals surface area contributed by atoms with Gasteiger partial charge in [0, 0.05) is 16.3 Å². The van der Waals surface area contributed by atoms with Gasteiger partial charge >= 0.3 is 0 Å².